The Bertz CT molecular complexity index is 1870. The first-order valence-electron chi connectivity index (χ1n) is 13.2. The lowest BCUT2D eigenvalue weighted by Gasteiger charge is -2.43. The number of nitrogens with zero attached hydrogens (tertiary/aromatic N) is 2. The maximum absolute atomic E-state index is 15.3. The van der Waals surface area contributed by atoms with Gasteiger partial charge in [-0.15, -0.1) is 11.8 Å². The first-order valence-corrected chi connectivity index (χ1v) is 14.2. The Kier molecular flexibility index (Phi) is 5.79. The van der Waals surface area contributed by atoms with Crippen molar-refractivity contribution in [1.82, 2.24) is 4.68 Å². The third-order valence-electron chi connectivity index (χ3n) is 8.23. The molecule has 0 saturated heterocycles. The van der Waals surface area contributed by atoms with E-state index in [0.717, 1.165) is 22.1 Å². The lowest BCUT2D eigenvalue weighted by Crippen LogP contribution is -2.52. The average molecular weight is 579 g/mol. The third kappa shape index (κ3) is 3.97. The second kappa shape index (κ2) is 9.20. The number of thioether (sulfide) groups is 1. The van der Waals surface area contributed by atoms with E-state index in [4.69, 9.17) is 13.6 Å². The van der Waals surface area contributed by atoms with Gasteiger partial charge in [-0.3, -0.25) is 19.3 Å². The molecule has 0 radical (unpaired) electrons. The Morgan fingerprint density at radius 2 is 1.85 bits per heavy atom. The van der Waals surface area contributed by atoms with E-state index in [9.17, 15) is 18.8 Å². The quantitative estimate of drug-likeness (QED) is 0.327. The van der Waals surface area contributed by atoms with Gasteiger partial charge in [0.25, 0.3) is 0 Å². The van der Waals surface area contributed by atoms with Gasteiger partial charge in [-0.1, -0.05) is 24.3 Å². The summed E-state index contributed by atoms with van der Waals surface area (Å²) in [6, 6.07) is 9.33. The molecular formula is C30H24F2N2O6S. The van der Waals surface area contributed by atoms with E-state index in [1.165, 1.54) is 30.9 Å². The van der Waals surface area contributed by atoms with E-state index in [-0.39, 0.29) is 46.7 Å². The summed E-state index contributed by atoms with van der Waals surface area (Å²) in [6.07, 6.45) is 2.76. The van der Waals surface area contributed by atoms with Crippen LogP contribution in [0.1, 0.15) is 63.1 Å². The second-order valence-electron chi connectivity index (χ2n) is 10.7. The normalized spacial score (nSPS) is 18.5. The molecule has 210 valence electrons. The van der Waals surface area contributed by atoms with E-state index < -0.39 is 34.3 Å². The maximum Gasteiger partial charge on any atom is 0.519 e. The molecular weight excluding hydrogens is 554 g/mol. The van der Waals surface area contributed by atoms with Crippen molar-refractivity contribution in [2.24, 2.45) is 5.41 Å². The molecule has 1 spiro atoms. The summed E-state index contributed by atoms with van der Waals surface area (Å²) >= 11 is 1.45. The molecule has 1 aliphatic carbocycles. The van der Waals surface area contributed by atoms with Gasteiger partial charge in [-0.05, 0) is 49.4 Å². The minimum atomic E-state index is -0.917. The lowest BCUT2D eigenvalue weighted by molar-refractivity contribution is 0.0852. The van der Waals surface area contributed by atoms with Crippen LogP contribution < -0.4 is 21.0 Å². The van der Waals surface area contributed by atoms with E-state index in [0.29, 0.717) is 24.9 Å². The van der Waals surface area contributed by atoms with E-state index in [1.807, 2.05) is 30.1 Å². The Labute approximate surface area is 236 Å². The van der Waals surface area contributed by atoms with Crippen LogP contribution in [0.25, 0.3) is 0 Å². The fraction of sp³-hybridized carbons (Fsp3) is 0.300. The molecule has 1 fully saturated rings. The van der Waals surface area contributed by atoms with Gasteiger partial charge in [0.05, 0.1) is 11.5 Å². The van der Waals surface area contributed by atoms with Crippen molar-refractivity contribution in [3.8, 4) is 5.75 Å². The summed E-state index contributed by atoms with van der Waals surface area (Å²) < 4.78 is 47.2. The SMILES string of the molecule is Cc1cccc2c1SCc1c(ccc(F)c1F)C2N1CC2(CC2)C(=O)c2c(OCc3oc(=O)oc3C)c(=O)ccn21. The summed E-state index contributed by atoms with van der Waals surface area (Å²) in [5, 5.41) is 1.96. The molecule has 7 rings (SSSR count). The van der Waals surface area contributed by atoms with Gasteiger partial charge >= 0.3 is 5.82 Å². The van der Waals surface area contributed by atoms with Gasteiger partial charge in [0.15, 0.2) is 40.4 Å². The zero-order valence-corrected chi connectivity index (χ0v) is 23.0. The third-order valence-corrected chi connectivity index (χ3v) is 9.51. The van der Waals surface area contributed by atoms with Crippen molar-refractivity contribution >= 4 is 17.5 Å². The molecule has 1 atom stereocenters. The smallest absolute Gasteiger partial charge is 0.479 e. The van der Waals surface area contributed by atoms with Gasteiger partial charge in [-0.25, -0.2) is 13.6 Å². The minimum absolute atomic E-state index is 0.0694. The fourth-order valence-electron chi connectivity index (χ4n) is 5.91. The number of rotatable bonds is 4. The second-order valence-corrected chi connectivity index (χ2v) is 11.7. The van der Waals surface area contributed by atoms with Crippen molar-refractivity contribution in [2.45, 2.75) is 50.0 Å². The predicted molar refractivity (Wildman–Crippen MR) is 145 cm³/mol. The largest absolute Gasteiger partial charge is 0.519 e. The molecule has 1 saturated carbocycles. The number of ether oxygens (including phenoxy) is 1. The van der Waals surface area contributed by atoms with Crippen LogP contribution in [-0.4, -0.2) is 17.0 Å². The van der Waals surface area contributed by atoms with Gasteiger partial charge < -0.3 is 13.6 Å². The molecule has 8 nitrogen and oxygen atoms in total. The highest BCUT2D eigenvalue weighted by Gasteiger charge is 2.57. The highest BCUT2D eigenvalue weighted by molar-refractivity contribution is 7.98. The van der Waals surface area contributed by atoms with Crippen LogP contribution in [0.15, 0.2) is 65.9 Å². The van der Waals surface area contributed by atoms with Crippen molar-refractivity contribution < 1.29 is 27.1 Å². The molecule has 3 aliphatic rings. The summed E-state index contributed by atoms with van der Waals surface area (Å²) in [6.45, 7) is 3.54. The predicted octanol–water partition coefficient (Wildman–Crippen LogP) is 5.18. The average Bonchev–Trinajstić information content (AvgIpc) is 3.67. The zero-order valence-electron chi connectivity index (χ0n) is 22.2. The molecule has 1 unspecified atom stereocenters. The van der Waals surface area contributed by atoms with Gasteiger partial charge in [-0.2, -0.15) is 0 Å². The van der Waals surface area contributed by atoms with Gasteiger partial charge in [0, 0.05) is 35.0 Å². The molecule has 2 aromatic carbocycles. The lowest BCUT2D eigenvalue weighted by atomic mass is 9.89. The first-order chi connectivity index (χ1) is 19.7. The molecule has 4 aromatic rings. The molecule has 0 amide bonds. The number of carbonyl (C=O) groups is 1. The Hall–Kier alpha value is -4.12. The zero-order chi connectivity index (χ0) is 28.6. The molecule has 2 aliphatic heterocycles. The number of pyridine rings is 1. The molecule has 4 heterocycles. The monoisotopic (exact) mass is 578 g/mol. The number of aromatic nitrogens is 1. The van der Waals surface area contributed by atoms with E-state index >= 15 is 4.39 Å². The Morgan fingerprint density at radius 1 is 1.05 bits per heavy atom. The van der Waals surface area contributed by atoms with Crippen molar-refractivity contribution in [3.63, 3.8) is 0 Å². The highest BCUT2D eigenvalue weighted by atomic mass is 32.2. The topological polar surface area (TPSA) is 94.9 Å². The highest BCUT2D eigenvalue weighted by Crippen LogP contribution is 2.54. The number of hydrogen-bond acceptors (Lipinski definition) is 8. The summed E-state index contributed by atoms with van der Waals surface area (Å²) in [4.78, 5) is 39.5. The van der Waals surface area contributed by atoms with Crippen LogP contribution in [-0.2, 0) is 12.4 Å². The van der Waals surface area contributed by atoms with Crippen LogP contribution in [0.3, 0.4) is 0 Å². The van der Waals surface area contributed by atoms with E-state index in [2.05, 4.69) is 0 Å². The number of ketones is 1. The Balaban J connectivity index is 1.43. The van der Waals surface area contributed by atoms with Crippen molar-refractivity contribution in [3.05, 3.63) is 115 Å². The van der Waals surface area contributed by atoms with Crippen LogP contribution in [0.5, 0.6) is 5.75 Å². The van der Waals surface area contributed by atoms with Crippen LogP contribution >= 0.6 is 11.8 Å². The number of aryl methyl sites for hydroxylation is 2. The number of fused-ring (bicyclic) bond motifs is 3. The molecule has 0 bridgehead atoms. The van der Waals surface area contributed by atoms with Gasteiger partial charge in [0.2, 0.25) is 5.43 Å². The minimum Gasteiger partial charge on any atom is -0.479 e. The summed E-state index contributed by atoms with van der Waals surface area (Å²) in [5.41, 5.74) is 1.57. The number of hydrogen-bond donors (Lipinski definition) is 0. The molecule has 11 heteroatoms. The summed E-state index contributed by atoms with van der Waals surface area (Å²) in [5.74, 6) is -2.53. The fourth-order valence-corrected chi connectivity index (χ4v) is 7.13. The Morgan fingerprint density at radius 3 is 2.59 bits per heavy atom. The standard InChI is InChI=1S/C30H24F2N2O6S/c1-15-4-3-5-18-24(17-6-7-20(31)23(32)19(17)13-41-27(15)18)34-14-30(9-10-30)28(36)25-26(21(35)8-11-33(25)34)38-12-22-16(2)39-29(37)40-22/h3-8,11,24H,9-10,12-14H2,1-2H3. The van der Waals surface area contributed by atoms with Crippen LogP contribution in [0, 0.1) is 30.9 Å². The molecule has 2 aromatic heterocycles. The number of benzene rings is 2. The first kappa shape index (κ1) is 25.8. The summed E-state index contributed by atoms with van der Waals surface area (Å²) in [7, 11) is 0. The maximum atomic E-state index is 15.3. The van der Waals surface area contributed by atoms with Gasteiger partial charge in [0.1, 0.15) is 6.61 Å². The van der Waals surface area contributed by atoms with E-state index in [1.54, 1.807) is 10.7 Å². The number of Topliss-reactive ketones (excluding diaryl/α,β-unsaturated/α-hetero) is 1. The van der Waals surface area contributed by atoms with Crippen molar-refractivity contribution in [1.29, 1.82) is 0 Å². The number of halogens is 2. The number of carbonyl (C=O) groups excluding carboxylic acids is 1. The molecule has 41 heavy (non-hydrogen) atoms. The van der Waals surface area contributed by atoms with Crippen molar-refractivity contribution in [2.75, 3.05) is 11.6 Å². The molecule has 0 N–H and O–H groups in total. The van der Waals surface area contributed by atoms with Crippen LogP contribution in [0.4, 0.5) is 8.78 Å². The van der Waals surface area contributed by atoms with Crippen LogP contribution in [0.2, 0.25) is 0 Å².